The molecule has 1 aliphatic carbocycles. The zero-order chi connectivity index (χ0) is 14.9. The number of amides is 1. The fourth-order valence-electron chi connectivity index (χ4n) is 2.72. The Morgan fingerprint density at radius 3 is 2.76 bits per heavy atom. The van der Waals surface area contributed by atoms with Crippen molar-refractivity contribution in [2.75, 3.05) is 0 Å². The van der Waals surface area contributed by atoms with Gasteiger partial charge < -0.3 is 5.32 Å². The second kappa shape index (κ2) is 5.48. The normalized spacial score (nSPS) is 17.8. The fourth-order valence-corrected chi connectivity index (χ4v) is 3.04. The molecule has 5 nitrogen and oxygen atoms in total. The van der Waals surface area contributed by atoms with Gasteiger partial charge in [-0.2, -0.15) is 5.10 Å². The Kier molecular flexibility index (Phi) is 3.68. The van der Waals surface area contributed by atoms with Gasteiger partial charge in [0.2, 0.25) is 5.91 Å². The lowest BCUT2D eigenvalue weighted by Gasteiger charge is -2.44. The van der Waals surface area contributed by atoms with Gasteiger partial charge in [-0.25, -0.2) is 9.67 Å². The molecule has 2 aromatic rings. The molecular weight excluding hydrogens is 288 g/mol. The molecule has 1 aromatic heterocycles. The summed E-state index contributed by atoms with van der Waals surface area (Å²) in [5.74, 6) is -0.0693. The Morgan fingerprint density at radius 1 is 1.43 bits per heavy atom. The van der Waals surface area contributed by atoms with E-state index in [-0.39, 0.29) is 11.4 Å². The van der Waals surface area contributed by atoms with Crippen LogP contribution in [0.25, 0.3) is 0 Å². The summed E-state index contributed by atoms with van der Waals surface area (Å²) in [4.78, 5) is 16.4. The number of rotatable bonds is 4. The maximum absolute atomic E-state index is 12.5. The highest BCUT2D eigenvalue weighted by Crippen LogP contribution is 2.44. The topological polar surface area (TPSA) is 59.8 Å². The Bertz CT molecular complexity index is 637. The highest BCUT2D eigenvalue weighted by molar-refractivity contribution is 6.31. The number of carbonyl (C=O) groups is 1. The Hall–Kier alpha value is -1.88. The van der Waals surface area contributed by atoms with Crippen molar-refractivity contribution in [3.8, 4) is 0 Å². The van der Waals surface area contributed by atoms with Crippen molar-refractivity contribution in [3.05, 3.63) is 47.5 Å². The molecule has 110 valence electrons. The third-order valence-electron chi connectivity index (χ3n) is 4.17. The molecule has 0 bridgehead atoms. The number of nitrogens with one attached hydrogen (secondary N) is 1. The van der Waals surface area contributed by atoms with Crippen LogP contribution in [0, 0.1) is 0 Å². The molecular formula is C15H17ClN4O. The van der Waals surface area contributed by atoms with Crippen molar-refractivity contribution in [1.29, 1.82) is 0 Å². The standard InChI is InChI=1S/C15H17ClN4O/c1-11(20-10-17-9-18-20)14(21)19-15(7-4-8-15)12-5-2-3-6-13(12)16/h2-3,5-6,9-11H,4,7-8H2,1H3,(H,19,21)/t11-/m0/s1. The molecule has 0 aliphatic heterocycles. The third kappa shape index (κ3) is 2.53. The molecule has 1 N–H and O–H groups in total. The predicted molar refractivity (Wildman–Crippen MR) is 79.9 cm³/mol. The minimum absolute atomic E-state index is 0.0693. The first-order valence-electron chi connectivity index (χ1n) is 7.03. The van der Waals surface area contributed by atoms with Crippen LogP contribution < -0.4 is 5.32 Å². The third-order valence-corrected chi connectivity index (χ3v) is 4.50. The Balaban J connectivity index is 1.82. The second-order valence-corrected chi connectivity index (χ2v) is 5.86. The van der Waals surface area contributed by atoms with Crippen molar-refractivity contribution in [2.24, 2.45) is 0 Å². The van der Waals surface area contributed by atoms with Crippen molar-refractivity contribution >= 4 is 17.5 Å². The molecule has 1 amide bonds. The molecule has 0 spiro atoms. The summed E-state index contributed by atoms with van der Waals surface area (Å²) < 4.78 is 1.55. The van der Waals surface area contributed by atoms with Crippen LogP contribution in [0.4, 0.5) is 0 Å². The van der Waals surface area contributed by atoms with E-state index in [9.17, 15) is 4.79 Å². The van der Waals surface area contributed by atoms with Gasteiger partial charge >= 0.3 is 0 Å². The first kappa shape index (κ1) is 14.1. The van der Waals surface area contributed by atoms with Gasteiger partial charge in [-0.15, -0.1) is 0 Å². The molecule has 0 unspecified atom stereocenters. The molecule has 21 heavy (non-hydrogen) atoms. The average Bonchev–Trinajstić information content (AvgIpc) is 2.97. The quantitative estimate of drug-likeness (QED) is 0.944. The van der Waals surface area contributed by atoms with Gasteiger partial charge in [-0.05, 0) is 37.8 Å². The second-order valence-electron chi connectivity index (χ2n) is 5.46. The smallest absolute Gasteiger partial charge is 0.245 e. The van der Waals surface area contributed by atoms with Crippen LogP contribution in [0.2, 0.25) is 5.02 Å². The molecule has 1 aliphatic rings. The van der Waals surface area contributed by atoms with Crippen molar-refractivity contribution in [1.82, 2.24) is 20.1 Å². The Labute approximate surface area is 128 Å². The lowest BCUT2D eigenvalue weighted by atomic mass is 9.71. The minimum Gasteiger partial charge on any atom is -0.345 e. The van der Waals surface area contributed by atoms with Crippen LogP contribution in [0.3, 0.4) is 0 Å². The first-order valence-corrected chi connectivity index (χ1v) is 7.41. The van der Waals surface area contributed by atoms with E-state index in [1.807, 2.05) is 31.2 Å². The van der Waals surface area contributed by atoms with Gasteiger partial charge in [0.1, 0.15) is 18.7 Å². The lowest BCUT2D eigenvalue weighted by Crippen LogP contribution is -2.52. The summed E-state index contributed by atoms with van der Waals surface area (Å²) in [6.45, 7) is 1.81. The van der Waals surface area contributed by atoms with Crippen molar-refractivity contribution in [2.45, 2.75) is 37.8 Å². The van der Waals surface area contributed by atoms with E-state index in [4.69, 9.17) is 11.6 Å². The number of nitrogens with zero attached hydrogens (tertiary/aromatic N) is 3. The van der Waals surface area contributed by atoms with E-state index < -0.39 is 6.04 Å². The zero-order valence-electron chi connectivity index (χ0n) is 11.8. The maximum Gasteiger partial charge on any atom is 0.245 e. The van der Waals surface area contributed by atoms with Crippen LogP contribution in [0.15, 0.2) is 36.9 Å². The number of benzene rings is 1. The highest BCUT2D eigenvalue weighted by Gasteiger charge is 2.42. The summed E-state index contributed by atoms with van der Waals surface area (Å²) in [5.41, 5.74) is 0.654. The fraction of sp³-hybridized carbons (Fsp3) is 0.400. The molecule has 1 atom stereocenters. The maximum atomic E-state index is 12.5. The number of hydrogen-bond acceptors (Lipinski definition) is 3. The number of halogens is 1. The number of aromatic nitrogens is 3. The van der Waals surface area contributed by atoms with Crippen molar-refractivity contribution in [3.63, 3.8) is 0 Å². The largest absolute Gasteiger partial charge is 0.345 e. The first-order chi connectivity index (χ1) is 10.1. The molecule has 1 aromatic carbocycles. The molecule has 1 heterocycles. The van der Waals surface area contributed by atoms with E-state index in [1.54, 1.807) is 11.0 Å². The summed E-state index contributed by atoms with van der Waals surface area (Å²) in [6.07, 6.45) is 5.88. The monoisotopic (exact) mass is 304 g/mol. The van der Waals surface area contributed by atoms with E-state index in [0.29, 0.717) is 5.02 Å². The molecule has 0 saturated heterocycles. The van der Waals surface area contributed by atoms with E-state index >= 15 is 0 Å². The van der Waals surface area contributed by atoms with Gasteiger partial charge in [-0.3, -0.25) is 4.79 Å². The van der Waals surface area contributed by atoms with Gasteiger partial charge in [0.15, 0.2) is 0 Å². The molecule has 6 heteroatoms. The molecule has 1 fully saturated rings. The predicted octanol–water partition coefficient (Wildman–Crippen LogP) is 2.69. The Morgan fingerprint density at radius 2 is 2.19 bits per heavy atom. The van der Waals surface area contributed by atoms with Gasteiger partial charge in [0.25, 0.3) is 0 Å². The molecule has 0 radical (unpaired) electrons. The number of hydrogen-bond donors (Lipinski definition) is 1. The van der Waals surface area contributed by atoms with Crippen LogP contribution in [0.5, 0.6) is 0 Å². The number of carbonyl (C=O) groups excluding carboxylic acids is 1. The SMILES string of the molecule is C[C@@H](C(=O)NC1(c2ccccc2Cl)CCC1)n1cncn1. The van der Waals surface area contributed by atoms with Gasteiger partial charge in [0, 0.05) is 5.02 Å². The van der Waals surface area contributed by atoms with E-state index in [1.165, 1.54) is 6.33 Å². The highest BCUT2D eigenvalue weighted by atomic mass is 35.5. The summed E-state index contributed by atoms with van der Waals surface area (Å²) in [5, 5.41) is 7.88. The summed E-state index contributed by atoms with van der Waals surface area (Å²) >= 11 is 6.31. The minimum atomic E-state index is -0.396. The van der Waals surface area contributed by atoms with Gasteiger partial charge in [-0.1, -0.05) is 29.8 Å². The van der Waals surface area contributed by atoms with Gasteiger partial charge in [0.05, 0.1) is 5.54 Å². The summed E-state index contributed by atoms with van der Waals surface area (Å²) in [6, 6.07) is 7.31. The van der Waals surface area contributed by atoms with E-state index in [0.717, 1.165) is 24.8 Å². The van der Waals surface area contributed by atoms with Crippen LogP contribution in [-0.4, -0.2) is 20.7 Å². The summed E-state index contributed by atoms with van der Waals surface area (Å²) in [7, 11) is 0. The van der Waals surface area contributed by atoms with Crippen LogP contribution >= 0.6 is 11.6 Å². The molecule has 1 saturated carbocycles. The van der Waals surface area contributed by atoms with Crippen LogP contribution in [0.1, 0.15) is 37.8 Å². The zero-order valence-corrected chi connectivity index (χ0v) is 12.5. The molecule has 3 rings (SSSR count). The van der Waals surface area contributed by atoms with Crippen molar-refractivity contribution < 1.29 is 4.79 Å². The van der Waals surface area contributed by atoms with E-state index in [2.05, 4.69) is 15.4 Å². The lowest BCUT2D eigenvalue weighted by molar-refractivity contribution is -0.127. The average molecular weight is 305 g/mol. The van der Waals surface area contributed by atoms with Crippen LogP contribution in [-0.2, 0) is 10.3 Å².